The van der Waals surface area contributed by atoms with Gasteiger partial charge in [0.2, 0.25) is 5.88 Å². The van der Waals surface area contributed by atoms with E-state index in [0.717, 1.165) is 11.1 Å². The number of rotatable bonds is 4. The number of benzene rings is 1. The number of pyridine rings is 1. The molecule has 0 bridgehead atoms. The Bertz CT molecular complexity index is 618. The lowest BCUT2D eigenvalue weighted by Gasteiger charge is -2.11. The van der Waals surface area contributed by atoms with Crippen molar-refractivity contribution in [1.82, 2.24) is 4.98 Å². The summed E-state index contributed by atoms with van der Waals surface area (Å²) in [5, 5.41) is 8.85. The Labute approximate surface area is 126 Å². The van der Waals surface area contributed by atoms with Crippen LogP contribution in [0.1, 0.15) is 30.5 Å². The summed E-state index contributed by atoms with van der Waals surface area (Å²) >= 11 is 0. The Kier molecular flexibility index (Phi) is 6.76. The van der Waals surface area contributed by atoms with E-state index < -0.39 is 0 Å². The number of nitrogens with zero attached hydrogens (tertiary/aromatic N) is 2. The van der Waals surface area contributed by atoms with Gasteiger partial charge < -0.3 is 9.47 Å². The Morgan fingerprint density at radius 1 is 1.24 bits per heavy atom. The third-order valence-corrected chi connectivity index (χ3v) is 2.74. The molecule has 4 heteroatoms. The van der Waals surface area contributed by atoms with E-state index in [9.17, 15) is 0 Å². The molecule has 0 saturated carbocycles. The molecule has 0 N–H and O–H groups in total. The minimum absolute atomic E-state index is 0.354. The van der Waals surface area contributed by atoms with Crippen LogP contribution < -0.4 is 9.47 Å². The molecule has 0 saturated heterocycles. The van der Waals surface area contributed by atoms with E-state index in [1.165, 1.54) is 0 Å². The molecule has 0 fully saturated rings. The van der Waals surface area contributed by atoms with Gasteiger partial charge in [-0.15, -0.1) is 0 Å². The van der Waals surface area contributed by atoms with Crippen molar-refractivity contribution < 1.29 is 9.47 Å². The van der Waals surface area contributed by atoms with Crippen LogP contribution in [0.2, 0.25) is 0 Å². The lowest BCUT2D eigenvalue weighted by Crippen LogP contribution is -2.01. The van der Waals surface area contributed by atoms with Crippen molar-refractivity contribution in [3.05, 3.63) is 53.2 Å². The summed E-state index contributed by atoms with van der Waals surface area (Å²) in [6.45, 7) is 6.30. The maximum absolute atomic E-state index is 8.85. The van der Waals surface area contributed by atoms with Gasteiger partial charge in [0.15, 0.2) is 0 Å². The predicted octanol–water partition coefficient (Wildman–Crippen LogP) is 3.88. The summed E-state index contributed by atoms with van der Waals surface area (Å²) in [5.74, 6) is 1.25. The lowest BCUT2D eigenvalue weighted by molar-refractivity contribution is 0.283. The molecule has 1 heterocycles. The highest BCUT2D eigenvalue weighted by atomic mass is 16.5. The molecule has 2 rings (SSSR count). The normalized spacial score (nSPS) is 9.10. The van der Waals surface area contributed by atoms with Crippen LogP contribution in [0.4, 0.5) is 0 Å². The molecule has 0 aliphatic carbocycles. The largest absolute Gasteiger partial charge is 0.496 e. The van der Waals surface area contributed by atoms with Crippen molar-refractivity contribution in [2.45, 2.75) is 27.4 Å². The smallest absolute Gasteiger partial charge is 0.216 e. The first-order chi connectivity index (χ1) is 10.2. The van der Waals surface area contributed by atoms with E-state index in [-0.39, 0.29) is 0 Å². The fourth-order valence-corrected chi connectivity index (χ4v) is 1.70. The molecule has 0 aliphatic rings. The Morgan fingerprint density at radius 2 is 2.00 bits per heavy atom. The van der Waals surface area contributed by atoms with Crippen molar-refractivity contribution >= 4 is 0 Å². The zero-order valence-corrected chi connectivity index (χ0v) is 12.9. The number of hydrogen-bond acceptors (Lipinski definition) is 4. The number of methoxy groups -OCH3 is 1. The number of aryl methyl sites for hydroxylation is 1. The van der Waals surface area contributed by atoms with Crippen molar-refractivity contribution in [1.29, 1.82) is 5.26 Å². The van der Waals surface area contributed by atoms with Crippen LogP contribution in [0.5, 0.6) is 11.6 Å². The Morgan fingerprint density at radius 3 is 2.62 bits per heavy atom. The molecule has 0 unspecified atom stereocenters. The fourth-order valence-electron chi connectivity index (χ4n) is 1.70. The highest BCUT2D eigenvalue weighted by molar-refractivity contribution is 5.42. The first kappa shape index (κ1) is 16.5. The van der Waals surface area contributed by atoms with Crippen LogP contribution in [0.15, 0.2) is 36.5 Å². The van der Waals surface area contributed by atoms with Gasteiger partial charge in [-0.05, 0) is 25.1 Å². The number of nitriles is 1. The third-order valence-electron chi connectivity index (χ3n) is 2.74. The van der Waals surface area contributed by atoms with Crippen molar-refractivity contribution in [2.75, 3.05) is 7.11 Å². The van der Waals surface area contributed by atoms with Gasteiger partial charge in [-0.2, -0.15) is 5.26 Å². The van der Waals surface area contributed by atoms with Crippen molar-refractivity contribution in [2.24, 2.45) is 0 Å². The van der Waals surface area contributed by atoms with Crippen LogP contribution in [0, 0.1) is 18.3 Å². The van der Waals surface area contributed by atoms with Gasteiger partial charge in [0, 0.05) is 17.3 Å². The van der Waals surface area contributed by atoms with Gasteiger partial charge in [-0.25, -0.2) is 4.98 Å². The van der Waals surface area contributed by atoms with Crippen LogP contribution >= 0.6 is 0 Å². The van der Waals surface area contributed by atoms with Gasteiger partial charge in [0.05, 0.1) is 18.7 Å². The maximum atomic E-state index is 8.85. The first-order valence-electron chi connectivity index (χ1n) is 6.86. The van der Waals surface area contributed by atoms with E-state index in [0.29, 0.717) is 23.8 Å². The zero-order valence-electron chi connectivity index (χ0n) is 12.9. The standard InChI is InChI=1S/C15H14N2O2.C2H6/c1-11-4-3-7-17-15(11)19-10-13-6-5-12(9-16)8-14(13)18-2;1-2/h3-8H,10H2,1-2H3;1-2H3. The molecule has 0 atom stereocenters. The van der Waals surface area contributed by atoms with Gasteiger partial charge in [0.1, 0.15) is 12.4 Å². The molecule has 0 radical (unpaired) electrons. The molecule has 0 aliphatic heterocycles. The second-order valence-corrected chi connectivity index (χ2v) is 4.05. The lowest BCUT2D eigenvalue weighted by atomic mass is 10.1. The van der Waals surface area contributed by atoms with Crippen molar-refractivity contribution in [3.8, 4) is 17.7 Å². The van der Waals surface area contributed by atoms with E-state index in [4.69, 9.17) is 14.7 Å². The topological polar surface area (TPSA) is 55.1 Å². The molecule has 2 aromatic rings. The van der Waals surface area contributed by atoms with Gasteiger partial charge in [0.25, 0.3) is 0 Å². The van der Waals surface area contributed by atoms with E-state index in [1.54, 1.807) is 25.4 Å². The molecular weight excluding hydrogens is 264 g/mol. The average molecular weight is 284 g/mol. The molecule has 1 aromatic carbocycles. The molecule has 4 nitrogen and oxygen atoms in total. The van der Waals surface area contributed by atoms with Gasteiger partial charge in [-0.3, -0.25) is 0 Å². The van der Waals surface area contributed by atoms with Crippen molar-refractivity contribution in [3.63, 3.8) is 0 Å². The Hall–Kier alpha value is -2.54. The second-order valence-electron chi connectivity index (χ2n) is 4.05. The maximum Gasteiger partial charge on any atom is 0.216 e. The zero-order chi connectivity index (χ0) is 15.7. The summed E-state index contributed by atoms with van der Waals surface area (Å²) in [5.41, 5.74) is 2.43. The second kappa shape index (κ2) is 8.60. The average Bonchev–Trinajstić information content (AvgIpc) is 2.56. The predicted molar refractivity (Wildman–Crippen MR) is 82.4 cm³/mol. The van der Waals surface area contributed by atoms with Gasteiger partial charge >= 0.3 is 0 Å². The van der Waals surface area contributed by atoms with E-state index in [1.807, 2.05) is 39.0 Å². The molecule has 110 valence electrons. The summed E-state index contributed by atoms with van der Waals surface area (Å²) in [6.07, 6.45) is 1.69. The minimum atomic E-state index is 0.354. The Balaban J connectivity index is 0.00000106. The number of aromatic nitrogens is 1. The summed E-state index contributed by atoms with van der Waals surface area (Å²) in [4.78, 5) is 4.17. The van der Waals surface area contributed by atoms with Gasteiger partial charge in [-0.1, -0.05) is 26.0 Å². The fraction of sp³-hybridized carbons (Fsp3) is 0.294. The van der Waals surface area contributed by atoms with Crippen LogP contribution in [-0.2, 0) is 6.61 Å². The number of hydrogen-bond donors (Lipinski definition) is 0. The monoisotopic (exact) mass is 284 g/mol. The van der Waals surface area contributed by atoms with Crippen LogP contribution in [-0.4, -0.2) is 12.1 Å². The molecule has 0 spiro atoms. The summed E-state index contributed by atoms with van der Waals surface area (Å²) < 4.78 is 10.9. The highest BCUT2D eigenvalue weighted by Crippen LogP contribution is 2.22. The first-order valence-corrected chi connectivity index (χ1v) is 6.86. The molecule has 1 aromatic heterocycles. The summed E-state index contributed by atoms with van der Waals surface area (Å²) in [6, 6.07) is 11.2. The van der Waals surface area contributed by atoms with E-state index >= 15 is 0 Å². The minimum Gasteiger partial charge on any atom is -0.496 e. The van der Waals surface area contributed by atoms with E-state index in [2.05, 4.69) is 11.1 Å². The SMILES string of the molecule is CC.COc1cc(C#N)ccc1COc1ncccc1C. The molecule has 0 amide bonds. The quantitative estimate of drug-likeness (QED) is 0.855. The summed E-state index contributed by atoms with van der Waals surface area (Å²) in [7, 11) is 1.58. The molecule has 21 heavy (non-hydrogen) atoms. The highest BCUT2D eigenvalue weighted by Gasteiger charge is 2.07. The van der Waals surface area contributed by atoms with Crippen LogP contribution in [0.25, 0.3) is 0 Å². The third kappa shape index (κ3) is 4.50. The van der Waals surface area contributed by atoms with Crippen LogP contribution in [0.3, 0.4) is 0 Å². The molecular formula is C17H20N2O2. The number of ether oxygens (including phenoxy) is 2.